The molecule has 1 fully saturated rings. The zero-order valence-electron chi connectivity index (χ0n) is 15.3. The molecule has 0 spiro atoms. The van der Waals surface area contributed by atoms with Crippen LogP contribution in [0, 0.1) is 5.92 Å². The number of nitrogens with zero attached hydrogens (tertiary/aromatic N) is 2. The van der Waals surface area contributed by atoms with Gasteiger partial charge in [-0.1, -0.05) is 18.2 Å². The van der Waals surface area contributed by atoms with Crippen LogP contribution in [0.1, 0.15) is 40.0 Å². The van der Waals surface area contributed by atoms with E-state index >= 15 is 0 Å². The van der Waals surface area contributed by atoms with E-state index < -0.39 is 5.60 Å². The summed E-state index contributed by atoms with van der Waals surface area (Å²) in [5, 5.41) is 1.07. The van der Waals surface area contributed by atoms with Crippen LogP contribution in [0.15, 0.2) is 30.5 Å². The second-order valence-electron chi connectivity index (χ2n) is 7.82. The van der Waals surface area contributed by atoms with Gasteiger partial charge in [0.1, 0.15) is 5.60 Å². The second kappa shape index (κ2) is 6.90. The molecule has 134 valence electrons. The number of ether oxygens (including phenoxy) is 1. The van der Waals surface area contributed by atoms with E-state index in [0.717, 1.165) is 42.5 Å². The Bertz CT molecular complexity index is 767. The Labute approximate surface area is 149 Å². The minimum absolute atomic E-state index is 0.119. The lowest BCUT2D eigenvalue weighted by atomic mass is 9.94. The summed E-state index contributed by atoms with van der Waals surface area (Å²) in [6.07, 6.45) is 4.27. The van der Waals surface area contributed by atoms with Crippen molar-refractivity contribution in [2.75, 3.05) is 23.7 Å². The number of benzene rings is 1. The number of fused-ring (bicyclic) bond motifs is 1. The number of anilines is 2. The molecule has 2 N–H and O–H groups in total. The molecule has 1 aromatic carbocycles. The third kappa shape index (κ3) is 4.21. The lowest BCUT2D eigenvalue weighted by molar-refractivity contribution is -0.156. The smallest absolute Gasteiger partial charge is 0.306 e. The SMILES string of the molecule is CC(C)(C)OC(=O)C[C@H]1CCCN(c2c(N)cnc3ccccc23)C1. The molecule has 2 aromatic rings. The fourth-order valence-corrected chi connectivity index (χ4v) is 3.55. The molecular formula is C20H27N3O2. The van der Waals surface area contributed by atoms with E-state index in [2.05, 4.69) is 16.0 Å². The van der Waals surface area contributed by atoms with Crippen LogP contribution in [0.25, 0.3) is 10.9 Å². The molecular weight excluding hydrogens is 314 g/mol. The van der Waals surface area contributed by atoms with Crippen molar-refractivity contribution in [1.29, 1.82) is 0 Å². The van der Waals surface area contributed by atoms with Gasteiger partial charge >= 0.3 is 5.97 Å². The van der Waals surface area contributed by atoms with Gasteiger partial charge < -0.3 is 15.4 Å². The van der Waals surface area contributed by atoms with Crippen LogP contribution < -0.4 is 10.6 Å². The molecule has 1 saturated heterocycles. The predicted octanol–water partition coefficient (Wildman–Crippen LogP) is 3.77. The average molecular weight is 341 g/mol. The minimum atomic E-state index is -0.433. The number of aromatic nitrogens is 1. The zero-order valence-corrected chi connectivity index (χ0v) is 15.3. The zero-order chi connectivity index (χ0) is 18.0. The normalized spacial score (nSPS) is 18.4. The fourth-order valence-electron chi connectivity index (χ4n) is 3.55. The Morgan fingerprint density at radius 3 is 2.88 bits per heavy atom. The van der Waals surface area contributed by atoms with Crippen LogP contribution in [-0.4, -0.2) is 29.6 Å². The largest absolute Gasteiger partial charge is 0.460 e. The van der Waals surface area contributed by atoms with Crippen LogP contribution in [0.3, 0.4) is 0 Å². The first-order chi connectivity index (χ1) is 11.8. The number of rotatable bonds is 3. The van der Waals surface area contributed by atoms with Crippen molar-refractivity contribution >= 4 is 28.2 Å². The molecule has 0 radical (unpaired) electrons. The predicted molar refractivity (Wildman–Crippen MR) is 102 cm³/mol. The summed E-state index contributed by atoms with van der Waals surface area (Å²) in [5.74, 6) is 0.168. The van der Waals surface area contributed by atoms with Crippen molar-refractivity contribution in [2.45, 2.75) is 45.6 Å². The Hall–Kier alpha value is -2.30. The summed E-state index contributed by atoms with van der Waals surface area (Å²) in [6, 6.07) is 8.05. The van der Waals surface area contributed by atoms with E-state index in [9.17, 15) is 4.79 Å². The molecule has 0 bridgehead atoms. The first kappa shape index (κ1) is 17.5. The van der Waals surface area contributed by atoms with E-state index in [0.29, 0.717) is 12.1 Å². The maximum absolute atomic E-state index is 12.2. The molecule has 3 rings (SSSR count). The summed E-state index contributed by atoms with van der Waals surface area (Å²) >= 11 is 0. The first-order valence-corrected chi connectivity index (χ1v) is 8.93. The molecule has 1 aromatic heterocycles. The van der Waals surface area contributed by atoms with Crippen molar-refractivity contribution < 1.29 is 9.53 Å². The van der Waals surface area contributed by atoms with Crippen LogP contribution in [0.4, 0.5) is 11.4 Å². The quantitative estimate of drug-likeness (QED) is 0.861. The Kier molecular flexibility index (Phi) is 4.84. The number of pyridine rings is 1. The molecule has 0 unspecified atom stereocenters. The van der Waals surface area contributed by atoms with Gasteiger partial charge in [0.15, 0.2) is 0 Å². The van der Waals surface area contributed by atoms with Crippen LogP contribution in [0.2, 0.25) is 0 Å². The molecule has 1 aliphatic rings. The number of esters is 1. The lowest BCUT2D eigenvalue weighted by Crippen LogP contribution is -2.37. The highest BCUT2D eigenvalue weighted by atomic mass is 16.6. The van der Waals surface area contributed by atoms with Gasteiger partial charge in [-0.15, -0.1) is 0 Å². The maximum atomic E-state index is 12.2. The third-order valence-electron chi connectivity index (χ3n) is 4.49. The number of piperidine rings is 1. The third-order valence-corrected chi connectivity index (χ3v) is 4.49. The molecule has 2 heterocycles. The Morgan fingerprint density at radius 2 is 2.12 bits per heavy atom. The number of nitrogens with two attached hydrogens (primary N) is 1. The van der Waals surface area contributed by atoms with Gasteiger partial charge in [0, 0.05) is 18.5 Å². The summed E-state index contributed by atoms with van der Waals surface area (Å²) in [5.41, 5.74) is 8.50. The van der Waals surface area contributed by atoms with E-state index in [-0.39, 0.29) is 11.9 Å². The van der Waals surface area contributed by atoms with Crippen molar-refractivity contribution in [1.82, 2.24) is 4.98 Å². The Morgan fingerprint density at radius 1 is 1.36 bits per heavy atom. The molecule has 1 atom stereocenters. The Balaban J connectivity index is 1.78. The number of carbonyl (C=O) groups excluding carboxylic acids is 1. The first-order valence-electron chi connectivity index (χ1n) is 8.93. The van der Waals surface area contributed by atoms with Crippen molar-refractivity contribution in [2.24, 2.45) is 5.92 Å². The van der Waals surface area contributed by atoms with Crippen LogP contribution in [-0.2, 0) is 9.53 Å². The second-order valence-corrected chi connectivity index (χ2v) is 7.82. The van der Waals surface area contributed by atoms with Gasteiger partial charge in [-0.25, -0.2) is 0 Å². The maximum Gasteiger partial charge on any atom is 0.306 e. The minimum Gasteiger partial charge on any atom is -0.460 e. The number of para-hydroxylation sites is 1. The number of carbonyl (C=O) groups is 1. The molecule has 0 saturated carbocycles. The fraction of sp³-hybridized carbons (Fsp3) is 0.500. The topological polar surface area (TPSA) is 68.5 Å². The standard InChI is InChI=1S/C20H27N3O2/c1-20(2,3)25-18(24)11-14-7-6-10-23(13-14)19-15-8-4-5-9-17(15)22-12-16(19)21/h4-5,8-9,12,14H,6-7,10-11,13,21H2,1-3H3/t14-/m1/s1. The van der Waals surface area contributed by atoms with Gasteiger partial charge in [-0.3, -0.25) is 9.78 Å². The molecule has 0 aliphatic carbocycles. The van der Waals surface area contributed by atoms with Gasteiger partial charge in [-0.05, 0) is 45.6 Å². The van der Waals surface area contributed by atoms with E-state index in [1.54, 1.807) is 6.20 Å². The van der Waals surface area contributed by atoms with Crippen molar-refractivity contribution in [3.05, 3.63) is 30.5 Å². The highest BCUT2D eigenvalue weighted by Gasteiger charge is 2.26. The molecule has 5 heteroatoms. The molecule has 0 amide bonds. The number of hydrogen-bond donors (Lipinski definition) is 1. The van der Waals surface area contributed by atoms with Crippen molar-refractivity contribution in [3.8, 4) is 0 Å². The van der Waals surface area contributed by atoms with E-state index in [1.165, 1.54) is 0 Å². The van der Waals surface area contributed by atoms with Gasteiger partial charge in [0.2, 0.25) is 0 Å². The average Bonchev–Trinajstić information content (AvgIpc) is 2.53. The van der Waals surface area contributed by atoms with Gasteiger partial charge in [-0.2, -0.15) is 0 Å². The number of hydrogen-bond acceptors (Lipinski definition) is 5. The van der Waals surface area contributed by atoms with Crippen LogP contribution in [0.5, 0.6) is 0 Å². The van der Waals surface area contributed by atoms with E-state index in [1.807, 2.05) is 39.0 Å². The van der Waals surface area contributed by atoms with Crippen LogP contribution >= 0.6 is 0 Å². The monoisotopic (exact) mass is 341 g/mol. The summed E-state index contributed by atoms with van der Waals surface area (Å²) in [6.45, 7) is 7.48. The highest BCUT2D eigenvalue weighted by Crippen LogP contribution is 2.35. The summed E-state index contributed by atoms with van der Waals surface area (Å²) in [4.78, 5) is 18.9. The number of nitrogen functional groups attached to an aromatic ring is 1. The van der Waals surface area contributed by atoms with E-state index in [4.69, 9.17) is 10.5 Å². The summed E-state index contributed by atoms with van der Waals surface area (Å²) in [7, 11) is 0. The lowest BCUT2D eigenvalue weighted by Gasteiger charge is -2.35. The highest BCUT2D eigenvalue weighted by molar-refractivity contribution is 5.97. The van der Waals surface area contributed by atoms with Gasteiger partial charge in [0.05, 0.1) is 29.5 Å². The van der Waals surface area contributed by atoms with Gasteiger partial charge in [0.25, 0.3) is 0 Å². The van der Waals surface area contributed by atoms with Crippen molar-refractivity contribution in [3.63, 3.8) is 0 Å². The molecule has 25 heavy (non-hydrogen) atoms. The summed E-state index contributed by atoms with van der Waals surface area (Å²) < 4.78 is 5.48. The molecule has 1 aliphatic heterocycles. The molecule has 5 nitrogen and oxygen atoms in total.